The Morgan fingerprint density at radius 1 is 1.16 bits per heavy atom. The van der Waals surface area contributed by atoms with Crippen molar-refractivity contribution in [2.45, 2.75) is 38.2 Å². The van der Waals surface area contributed by atoms with E-state index in [1.165, 1.54) is 0 Å². The second kappa shape index (κ2) is 5.12. The molecule has 3 rings (SSSR count). The van der Waals surface area contributed by atoms with Crippen LogP contribution in [0.4, 0.5) is 0 Å². The van der Waals surface area contributed by atoms with Crippen LogP contribution in [0, 0.1) is 23.7 Å². The third-order valence-electron chi connectivity index (χ3n) is 5.03. The number of carboxylic acids is 1. The zero-order valence-corrected chi connectivity index (χ0v) is 11.0. The molecule has 5 heteroatoms. The molecule has 2 aliphatic carbocycles. The molecule has 3 fully saturated rings. The number of hydrogen-bond acceptors (Lipinski definition) is 3. The molecule has 0 aromatic heterocycles. The van der Waals surface area contributed by atoms with E-state index in [9.17, 15) is 14.7 Å². The molecule has 2 N–H and O–H groups in total. The van der Waals surface area contributed by atoms with Crippen LogP contribution in [0.3, 0.4) is 0 Å². The van der Waals surface area contributed by atoms with E-state index >= 15 is 0 Å². The minimum absolute atomic E-state index is 0.0740. The molecule has 1 heterocycles. The first-order valence-corrected chi connectivity index (χ1v) is 7.29. The van der Waals surface area contributed by atoms with Gasteiger partial charge in [-0.05, 0) is 43.9 Å². The fourth-order valence-electron chi connectivity index (χ4n) is 4.16. The van der Waals surface area contributed by atoms with Crippen molar-refractivity contribution in [2.75, 3.05) is 13.2 Å². The molecule has 0 aromatic carbocycles. The van der Waals surface area contributed by atoms with Gasteiger partial charge in [-0.15, -0.1) is 0 Å². The van der Waals surface area contributed by atoms with Gasteiger partial charge in [-0.25, -0.2) is 0 Å². The Balaban J connectivity index is 1.60. The Morgan fingerprint density at radius 2 is 1.89 bits per heavy atom. The minimum Gasteiger partial charge on any atom is -0.481 e. The van der Waals surface area contributed by atoms with Crippen LogP contribution in [0.2, 0.25) is 0 Å². The van der Waals surface area contributed by atoms with Crippen molar-refractivity contribution in [1.29, 1.82) is 0 Å². The van der Waals surface area contributed by atoms with E-state index < -0.39 is 11.9 Å². The zero-order valence-electron chi connectivity index (χ0n) is 11.0. The Morgan fingerprint density at radius 3 is 2.53 bits per heavy atom. The number of hydrogen-bond donors (Lipinski definition) is 2. The third-order valence-corrected chi connectivity index (χ3v) is 5.03. The first kappa shape index (κ1) is 12.9. The number of amides is 1. The SMILES string of the molecule is O=C(O)[C@H]1[C@H]2CC[C@@H](C2)[C@@H]1C(=O)NC[C@H]1CCCO1. The van der Waals surface area contributed by atoms with Crippen LogP contribution < -0.4 is 5.32 Å². The highest BCUT2D eigenvalue weighted by Gasteiger charge is 2.53. The lowest BCUT2D eigenvalue weighted by Crippen LogP contribution is -2.43. The van der Waals surface area contributed by atoms with E-state index in [0.717, 1.165) is 38.7 Å². The van der Waals surface area contributed by atoms with Crippen molar-refractivity contribution >= 4 is 11.9 Å². The summed E-state index contributed by atoms with van der Waals surface area (Å²) in [5.41, 5.74) is 0. The molecular formula is C14H21NO4. The lowest BCUT2D eigenvalue weighted by Gasteiger charge is -2.27. The molecule has 1 aliphatic heterocycles. The van der Waals surface area contributed by atoms with Crippen molar-refractivity contribution in [2.24, 2.45) is 23.7 Å². The Kier molecular flexibility index (Phi) is 3.48. The highest BCUT2D eigenvalue weighted by Crippen LogP contribution is 2.52. The fourth-order valence-corrected chi connectivity index (χ4v) is 4.16. The van der Waals surface area contributed by atoms with Crippen molar-refractivity contribution in [3.05, 3.63) is 0 Å². The van der Waals surface area contributed by atoms with Gasteiger partial charge in [0.05, 0.1) is 17.9 Å². The molecule has 0 unspecified atom stereocenters. The fraction of sp³-hybridized carbons (Fsp3) is 0.857. The van der Waals surface area contributed by atoms with Gasteiger partial charge in [0.15, 0.2) is 0 Å². The summed E-state index contributed by atoms with van der Waals surface area (Å²) in [6, 6.07) is 0. The second-order valence-electron chi connectivity index (χ2n) is 6.10. The lowest BCUT2D eigenvalue weighted by atomic mass is 9.78. The highest BCUT2D eigenvalue weighted by molar-refractivity contribution is 5.86. The standard InChI is InChI=1S/C14H21NO4/c16-13(15-7-10-2-1-5-19-10)11-8-3-4-9(6-8)12(11)14(17)18/h8-12H,1-7H2,(H,15,16)(H,17,18)/t8-,9-,10+,11-,12-/m0/s1. The number of aliphatic carboxylic acids is 1. The van der Waals surface area contributed by atoms with Crippen LogP contribution in [0.1, 0.15) is 32.1 Å². The molecule has 5 atom stereocenters. The van der Waals surface area contributed by atoms with E-state index in [2.05, 4.69) is 5.32 Å². The summed E-state index contributed by atoms with van der Waals surface area (Å²) in [6.45, 7) is 1.30. The first-order chi connectivity index (χ1) is 9.16. The van der Waals surface area contributed by atoms with Gasteiger partial charge in [-0.3, -0.25) is 9.59 Å². The van der Waals surface area contributed by atoms with E-state index in [1.807, 2.05) is 0 Å². The second-order valence-corrected chi connectivity index (χ2v) is 6.10. The molecule has 106 valence electrons. The molecule has 3 aliphatic rings. The van der Waals surface area contributed by atoms with E-state index in [0.29, 0.717) is 6.54 Å². The van der Waals surface area contributed by atoms with Crippen LogP contribution in [-0.2, 0) is 14.3 Å². The Hall–Kier alpha value is -1.10. The van der Waals surface area contributed by atoms with Crippen LogP contribution in [-0.4, -0.2) is 36.2 Å². The molecule has 0 spiro atoms. The Bertz CT molecular complexity index is 378. The van der Waals surface area contributed by atoms with E-state index in [4.69, 9.17) is 4.74 Å². The van der Waals surface area contributed by atoms with Gasteiger partial charge in [-0.2, -0.15) is 0 Å². The van der Waals surface area contributed by atoms with Crippen molar-refractivity contribution in [3.63, 3.8) is 0 Å². The molecule has 0 radical (unpaired) electrons. The summed E-state index contributed by atoms with van der Waals surface area (Å²) in [7, 11) is 0. The minimum atomic E-state index is -0.801. The molecule has 1 saturated heterocycles. The number of nitrogens with one attached hydrogen (secondary N) is 1. The molecule has 0 aromatic rings. The summed E-state index contributed by atoms with van der Waals surface area (Å²) in [4.78, 5) is 23.6. The zero-order chi connectivity index (χ0) is 13.4. The van der Waals surface area contributed by atoms with Gasteiger partial charge in [0.2, 0.25) is 5.91 Å². The summed E-state index contributed by atoms with van der Waals surface area (Å²) < 4.78 is 5.47. The van der Waals surface area contributed by atoms with E-state index in [1.54, 1.807) is 0 Å². The van der Waals surface area contributed by atoms with Crippen LogP contribution in [0.5, 0.6) is 0 Å². The predicted molar refractivity (Wildman–Crippen MR) is 67.4 cm³/mol. The van der Waals surface area contributed by atoms with Crippen LogP contribution in [0.25, 0.3) is 0 Å². The van der Waals surface area contributed by atoms with Gasteiger partial charge < -0.3 is 15.2 Å². The average Bonchev–Trinajstić information content (AvgIpc) is 3.10. The maximum absolute atomic E-state index is 12.3. The topological polar surface area (TPSA) is 75.6 Å². The first-order valence-electron chi connectivity index (χ1n) is 7.29. The quantitative estimate of drug-likeness (QED) is 0.797. The molecular weight excluding hydrogens is 246 g/mol. The van der Waals surface area contributed by atoms with E-state index in [-0.39, 0.29) is 29.8 Å². The van der Waals surface area contributed by atoms with Crippen LogP contribution >= 0.6 is 0 Å². The number of carbonyl (C=O) groups excluding carboxylic acids is 1. The molecule has 2 saturated carbocycles. The van der Waals surface area contributed by atoms with Crippen molar-refractivity contribution in [1.82, 2.24) is 5.32 Å². The number of carbonyl (C=O) groups is 2. The Labute approximate surface area is 112 Å². The van der Waals surface area contributed by atoms with Gasteiger partial charge in [0, 0.05) is 13.2 Å². The van der Waals surface area contributed by atoms with Gasteiger partial charge >= 0.3 is 5.97 Å². The summed E-state index contributed by atoms with van der Waals surface area (Å²) >= 11 is 0. The number of ether oxygens (including phenoxy) is 1. The maximum Gasteiger partial charge on any atom is 0.307 e. The maximum atomic E-state index is 12.3. The van der Waals surface area contributed by atoms with Crippen molar-refractivity contribution < 1.29 is 19.4 Å². The number of rotatable bonds is 4. The van der Waals surface area contributed by atoms with Crippen molar-refractivity contribution in [3.8, 4) is 0 Å². The molecule has 2 bridgehead atoms. The summed E-state index contributed by atoms with van der Waals surface area (Å²) in [5, 5.41) is 12.2. The average molecular weight is 267 g/mol. The highest BCUT2D eigenvalue weighted by atomic mass is 16.5. The molecule has 5 nitrogen and oxygen atoms in total. The van der Waals surface area contributed by atoms with Gasteiger partial charge in [0.1, 0.15) is 0 Å². The summed E-state index contributed by atoms with van der Waals surface area (Å²) in [5.74, 6) is -1.18. The number of fused-ring (bicyclic) bond motifs is 2. The number of carboxylic acid groups (broad SMARTS) is 1. The lowest BCUT2D eigenvalue weighted by molar-refractivity contribution is -0.149. The molecule has 1 amide bonds. The smallest absolute Gasteiger partial charge is 0.307 e. The predicted octanol–water partition coefficient (Wildman–Crippen LogP) is 1.03. The van der Waals surface area contributed by atoms with Gasteiger partial charge in [0.25, 0.3) is 0 Å². The normalized spacial score (nSPS) is 40.5. The van der Waals surface area contributed by atoms with Crippen LogP contribution in [0.15, 0.2) is 0 Å². The largest absolute Gasteiger partial charge is 0.481 e. The monoisotopic (exact) mass is 267 g/mol. The van der Waals surface area contributed by atoms with Gasteiger partial charge in [-0.1, -0.05) is 0 Å². The molecule has 19 heavy (non-hydrogen) atoms. The summed E-state index contributed by atoms with van der Waals surface area (Å²) in [6.07, 6.45) is 5.04. The third kappa shape index (κ3) is 2.36.